The molecule has 0 heterocycles. The topological polar surface area (TPSA) is 87.7 Å². The van der Waals surface area contributed by atoms with Crippen molar-refractivity contribution >= 4 is 33.7 Å². The number of nitrogens with one attached hydrogen (secondary N) is 2. The third-order valence-electron chi connectivity index (χ3n) is 4.80. The molecule has 1 aliphatic carbocycles. The first kappa shape index (κ1) is 21.5. The highest BCUT2D eigenvalue weighted by atomic mass is 79.9. The van der Waals surface area contributed by atoms with E-state index in [2.05, 4.69) is 33.5 Å². The fourth-order valence-electron chi connectivity index (χ4n) is 3.37. The quantitative estimate of drug-likeness (QED) is 0.597. The first-order chi connectivity index (χ1) is 12.5. The molecule has 6 nitrogen and oxygen atoms in total. The number of hydrogen-bond acceptors (Lipinski definition) is 4. The smallest absolute Gasteiger partial charge is 0.407 e. The maximum atomic E-state index is 11.9. The molecule has 2 rings (SSSR count). The molecule has 1 aliphatic rings. The van der Waals surface area contributed by atoms with Gasteiger partial charge in [0.1, 0.15) is 5.60 Å². The molecule has 27 heavy (non-hydrogen) atoms. The van der Waals surface area contributed by atoms with Gasteiger partial charge in [-0.05, 0) is 93.4 Å². The second kappa shape index (κ2) is 8.95. The number of aromatic carboxylic acids is 1. The number of carbonyl (C=O) groups is 2. The zero-order valence-corrected chi connectivity index (χ0v) is 17.9. The summed E-state index contributed by atoms with van der Waals surface area (Å²) < 4.78 is 6.17. The van der Waals surface area contributed by atoms with Crippen LogP contribution in [-0.2, 0) is 4.74 Å². The molecule has 0 saturated heterocycles. The lowest BCUT2D eigenvalue weighted by Crippen LogP contribution is -2.42. The average molecular weight is 441 g/mol. The third kappa shape index (κ3) is 6.72. The number of alkyl carbamates (subject to hydrolysis) is 1. The van der Waals surface area contributed by atoms with Crippen molar-refractivity contribution in [3.63, 3.8) is 0 Å². The summed E-state index contributed by atoms with van der Waals surface area (Å²) in [5, 5.41) is 15.6. The van der Waals surface area contributed by atoms with E-state index >= 15 is 0 Å². The van der Waals surface area contributed by atoms with Crippen LogP contribution >= 0.6 is 15.9 Å². The van der Waals surface area contributed by atoms with Crippen molar-refractivity contribution in [2.75, 3.05) is 5.32 Å². The number of anilines is 1. The predicted octanol–water partition coefficient (Wildman–Crippen LogP) is 5.03. The molecular weight excluding hydrogens is 412 g/mol. The number of ether oxygens (including phenoxy) is 1. The van der Waals surface area contributed by atoms with Gasteiger partial charge in [-0.15, -0.1) is 0 Å². The van der Waals surface area contributed by atoms with Gasteiger partial charge in [0.2, 0.25) is 0 Å². The Balaban J connectivity index is 1.86. The van der Waals surface area contributed by atoms with Crippen LogP contribution in [0, 0.1) is 5.92 Å². The number of carboxylic acids is 1. The molecule has 1 amide bonds. The van der Waals surface area contributed by atoms with Gasteiger partial charge in [0.05, 0.1) is 5.56 Å². The summed E-state index contributed by atoms with van der Waals surface area (Å²) in [5.74, 6) is -0.478. The average Bonchev–Trinajstić information content (AvgIpc) is 2.55. The fourth-order valence-corrected chi connectivity index (χ4v) is 3.73. The van der Waals surface area contributed by atoms with E-state index in [1.54, 1.807) is 18.2 Å². The van der Waals surface area contributed by atoms with Crippen LogP contribution in [0.1, 0.15) is 63.7 Å². The Morgan fingerprint density at radius 1 is 1.22 bits per heavy atom. The summed E-state index contributed by atoms with van der Waals surface area (Å²) in [6.07, 6.45) is 3.44. The van der Waals surface area contributed by atoms with E-state index in [1.807, 2.05) is 20.8 Å². The van der Waals surface area contributed by atoms with Crippen LogP contribution in [0.4, 0.5) is 10.5 Å². The number of benzene rings is 1. The van der Waals surface area contributed by atoms with E-state index in [-0.39, 0.29) is 23.7 Å². The van der Waals surface area contributed by atoms with Crippen LogP contribution in [0.3, 0.4) is 0 Å². The SMILES string of the molecule is C[C@H](Nc1cc(C(=O)O)ccc1Br)C1CCC(NC(=O)OC(C)(C)C)CC1. The highest BCUT2D eigenvalue weighted by Crippen LogP contribution is 2.31. The minimum atomic E-state index is -0.938. The van der Waals surface area contributed by atoms with Crippen LogP contribution in [0.5, 0.6) is 0 Å². The van der Waals surface area contributed by atoms with Crippen LogP contribution in [0.25, 0.3) is 0 Å². The Morgan fingerprint density at radius 2 is 1.85 bits per heavy atom. The van der Waals surface area contributed by atoms with E-state index in [9.17, 15) is 9.59 Å². The second-order valence-electron chi connectivity index (χ2n) is 8.19. The number of carbonyl (C=O) groups excluding carboxylic acids is 1. The summed E-state index contributed by atoms with van der Waals surface area (Å²) >= 11 is 3.48. The molecular formula is C20H29BrN2O4. The number of halogens is 1. The predicted molar refractivity (Wildman–Crippen MR) is 109 cm³/mol. The highest BCUT2D eigenvalue weighted by molar-refractivity contribution is 9.10. The van der Waals surface area contributed by atoms with Crippen LogP contribution in [0.15, 0.2) is 22.7 Å². The van der Waals surface area contributed by atoms with E-state index in [0.29, 0.717) is 5.92 Å². The van der Waals surface area contributed by atoms with Crippen molar-refractivity contribution in [3.05, 3.63) is 28.2 Å². The number of carboxylic acid groups (broad SMARTS) is 1. The minimum Gasteiger partial charge on any atom is -0.478 e. The lowest BCUT2D eigenvalue weighted by atomic mass is 9.82. The Morgan fingerprint density at radius 3 is 2.41 bits per heavy atom. The lowest BCUT2D eigenvalue weighted by molar-refractivity contribution is 0.0486. The lowest BCUT2D eigenvalue weighted by Gasteiger charge is -2.34. The van der Waals surface area contributed by atoms with E-state index in [0.717, 1.165) is 35.8 Å². The van der Waals surface area contributed by atoms with Gasteiger partial charge in [-0.3, -0.25) is 0 Å². The summed E-state index contributed by atoms with van der Waals surface area (Å²) in [6, 6.07) is 5.33. The largest absolute Gasteiger partial charge is 0.478 e. The van der Waals surface area contributed by atoms with Crippen LogP contribution in [-0.4, -0.2) is 34.9 Å². The Kier molecular flexibility index (Phi) is 7.14. The van der Waals surface area contributed by atoms with Crippen molar-refractivity contribution in [2.45, 2.75) is 71.1 Å². The van der Waals surface area contributed by atoms with E-state index in [1.165, 1.54) is 0 Å². The Hall–Kier alpha value is -1.76. The summed E-state index contributed by atoms with van der Waals surface area (Å²) in [5.41, 5.74) is 0.562. The zero-order valence-electron chi connectivity index (χ0n) is 16.3. The van der Waals surface area contributed by atoms with E-state index in [4.69, 9.17) is 9.84 Å². The number of rotatable bonds is 5. The highest BCUT2D eigenvalue weighted by Gasteiger charge is 2.27. The normalized spacial score (nSPS) is 21.2. The minimum absolute atomic E-state index is 0.144. The second-order valence-corrected chi connectivity index (χ2v) is 9.05. The van der Waals surface area contributed by atoms with Gasteiger partial charge in [-0.1, -0.05) is 0 Å². The molecule has 0 aliphatic heterocycles. The van der Waals surface area contributed by atoms with Gasteiger partial charge in [-0.2, -0.15) is 0 Å². The standard InChI is InChI=1S/C20H29BrN2O4/c1-12(22-17-11-14(18(24)25)7-10-16(17)21)13-5-8-15(9-6-13)23-19(26)27-20(2,3)4/h7,10-13,15,22H,5-6,8-9H2,1-4H3,(H,23,26)(H,24,25)/t12-,13?,15?/m0/s1. The van der Waals surface area contributed by atoms with Gasteiger partial charge in [0, 0.05) is 22.2 Å². The molecule has 1 atom stereocenters. The Bertz CT molecular complexity index is 679. The first-order valence-corrected chi connectivity index (χ1v) is 10.1. The molecule has 3 N–H and O–H groups in total. The van der Waals surface area contributed by atoms with Crippen molar-refractivity contribution in [3.8, 4) is 0 Å². The van der Waals surface area contributed by atoms with Crippen molar-refractivity contribution in [2.24, 2.45) is 5.92 Å². The van der Waals surface area contributed by atoms with Gasteiger partial charge in [0.15, 0.2) is 0 Å². The molecule has 150 valence electrons. The van der Waals surface area contributed by atoms with E-state index < -0.39 is 11.6 Å². The van der Waals surface area contributed by atoms with Crippen molar-refractivity contribution in [1.29, 1.82) is 0 Å². The molecule has 7 heteroatoms. The number of hydrogen-bond donors (Lipinski definition) is 3. The summed E-state index contributed by atoms with van der Waals surface area (Å²) in [7, 11) is 0. The summed E-state index contributed by atoms with van der Waals surface area (Å²) in [6.45, 7) is 7.68. The third-order valence-corrected chi connectivity index (χ3v) is 5.49. The molecule has 0 bridgehead atoms. The molecule has 1 aromatic rings. The van der Waals surface area contributed by atoms with Gasteiger partial charge in [0.25, 0.3) is 0 Å². The fraction of sp³-hybridized carbons (Fsp3) is 0.600. The van der Waals surface area contributed by atoms with Gasteiger partial charge >= 0.3 is 12.1 Å². The molecule has 0 unspecified atom stereocenters. The maximum absolute atomic E-state index is 11.9. The maximum Gasteiger partial charge on any atom is 0.407 e. The zero-order chi connectivity index (χ0) is 20.2. The molecule has 0 spiro atoms. The molecule has 1 aromatic carbocycles. The van der Waals surface area contributed by atoms with Gasteiger partial charge in [-0.25, -0.2) is 9.59 Å². The van der Waals surface area contributed by atoms with Crippen molar-refractivity contribution in [1.82, 2.24) is 5.32 Å². The van der Waals surface area contributed by atoms with Gasteiger partial charge < -0.3 is 20.5 Å². The molecule has 1 fully saturated rings. The Labute approximate surface area is 169 Å². The molecule has 0 aromatic heterocycles. The summed E-state index contributed by atoms with van der Waals surface area (Å²) in [4.78, 5) is 23.1. The van der Waals surface area contributed by atoms with Crippen LogP contribution < -0.4 is 10.6 Å². The van der Waals surface area contributed by atoms with Crippen LogP contribution in [0.2, 0.25) is 0 Å². The first-order valence-electron chi connectivity index (χ1n) is 9.34. The molecule has 0 radical (unpaired) electrons. The number of amides is 1. The molecule has 1 saturated carbocycles. The monoisotopic (exact) mass is 440 g/mol. The van der Waals surface area contributed by atoms with Crippen molar-refractivity contribution < 1.29 is 19.4 Å².